The summed E-state index contributed by atoms with van der Waals surface area (Å²) >= 11 is 0. The van der Waals surface area contributed by atoms with Crippen molar-refractivity contribution in [2.45, 2.75) is 70.3 Å². The lowest BCUT2D eigenvalue weighted by molar-refractivity contribution is -0.847. The number of hydrogen-bond donors (Lipinski definition) is 1. The molecule has 1 fully saturated rings. The van der Waals surface area contributed by atoms with Crippen LogP contribution in [0.25, 0.3) is 0 Å². The zero-order valence-corrected chi connectivity index (χ0v) is 16.3. The monoisotopic (exact) mass is 470 g/mol. The largest absolute Gasteiger partial charge is 1.00 e. The highest BCUT2D eigenvalue weighted by molar-refractivity contribution is 5.86. The van der Waals surface area contributed by atoms with Gasteiger partial charge in [-0.15, -0.1) is 0 Å². The van der Waals surface area contributed by atoms with Crippen LogP contribution in [0.5, 0.6) is 0 Å². The first-order valence-electron chi connectivity index (χ1n) is 8.31. The summed E-state index contributed by atoms with van der Waals surface area (Å²) in [7, 11) is 0. The normalized spacial score (nSPS) is 18.8. The molecule has 1 atom stereocenters. The van der Waals surface area contributed by atoms with Crippen molar-refractivity contribution >= 4 is 23.3 Å². The van der Waals surface area contributed by atoms with E-state index >= 15 is 0 Å². The van der Waals surface area contributed by atoms with Gasteiger partial charge in [0.1, 0.15) is 17.7 Å². The SMILES string of the molecule is O=C1CCCCC(=O)OC(CCC(=O)CCC(=O)CO[NH2+][O-])CC1.[I-]. The van der Waals surface area contributed by atoms with E-state index in [-0.39, 0.29) is 78.8 Å². The molecule has 144 valence electrons. The zero-order chi connectivity index (χ0) is 17.8. The molecule has 0 aromatic heterocycles. The highest BCUT2D eigenvalue weighted by atomic mass is 127. The maximum absolute atomic E-state index is 11.8. The fourth-order valence-electron chi connectivity index (χ4n) is 2.47. The number of ketones is 3. The number of ether oxygens (including phenoxy) is 1. The lowest BCUT2D eigenvalue weighted by Gasteiger charge is -2.18. The topological polar surface area (TPSA) is 126 Å². The Hall–Kier alpha value is -0.910. The fraction of sp³-hybridized carbons (Fsp3) is 0.750. The zero-order valence-electron chi connectivity index (χ0n) is 14.2. The fourth-order valence-corrected chi connectivity index (χ4v) is 2.47. The van der Waals surface area contributed by atoms with Gasteiger partial charge in [0.15, 0.2) is 12.4 Å². The van der Waals surface area contributed by atoms with Gasteiger partial charge in [-0.3, -0.25) is 19.2 Å². The van der Waals surface area contributed by atoms with Crippen LogP contribution in [0.4, 0.5) is 0 Å². The Kier molecular flexibility index (Phi) is 13.8. The summed E-state index contributed by atoms with van der Waals surface area (Å²) in [6.45, 7) is -0.320. The Morgan fingerprint density at radius 3 is 2.48 bits per heavy atom. The van der Waals surface area contributed by atoms with Crippen molar-refractivity contribution in [2.75, 3.05) is 6.61 Å². The lowest BCUT2D eigenvalue weighted by Crippen LogP contribution is -3.00. The number of cyclic esters (lactones) is 1. The van der Waals surface area contributed by atoms with Gasteiger partial charge in [0.25, 0.3) is 0 Å². The molecule has 8 nitrogen and oxygen atoms in total. The van der Waals surface area contributed by atoms with Gasteiger partial charge in [0.05, 0.1) is 0 Å². The molecular formula is C16H25INO7-. The second-order valence-corrected chi connectivity index (χ2v) is 5.92. The summed E-state index contributed by atoms with van der Waals surface area (Å²) in [6.07, 6.45) is 3.13. The average Bonchev–Trinajstić information content (AvgIpc) is 2.57. The number of quaternary nitrogens is 1. The van der Waals surface area contributed by atoms with E-state index in [2.05, 4.69) is 4.84 Å². The molecule has 0 radical (unpaired) electrons. The lowest BCUT2D eigenvalue weighted by atomic mass is 10.00. The molecule has 25 heavy (non-hydrogen) atoms. The molecule has 2 N–H and O–H groups in total. The number of esters is 1. The summed E-state index contributed by atoms with van der Waals surface area (Å²) in [6, 6.07) is 0. The second kappa shape index (κ2) is 14.3. The maximum Gasteiger partial charge on any atom is 0.306 e. The molecule has 1 unspecified atom stereocenters. The van der Waals surface area contributed by atoms with E-state index < -0.39 is 6.10 Å². The van der Waals surface area contributed by atoms with Crippen molar-refractivity contribution in [3.8, 4) is 0 Å². The van der Waals surface area contributed by atoms with E-state index in [4.69, 9.17) is 4.74 Å². The number of carbonyl (C=O) groups is 4. The minimum atomic E-state index is -0.433. The summed E-state index contributed by atoms with van der Waals surface area (Å²) in [5, 5.41) is 9.97. The minimum Gasteiger partial charge on any atom is -1.00 e. The second-order valence-electron chi connectivity index (χ2n) is 5.92. The average molecular weight is 470 g/mol. The predicted octanol–water partition coefficient (Wildman–Crippen LogP) is -2.48. The number of nitrogens with two attached hydrogens (primary N) is 1. The first kappa shape index (κ1) is 24.1. The van der Waals surface area contributed by atoms with Crippen LogP contribution in [-0.4, -0.2) is 36.0 Å². The molecule has 0 aromatic rings. The van der Waals surface area contributed by atoms with Crippen molar-refractivity contribution in [3.63, 3.8) is 0 Å². The maximum atomic E-state index is 11.8. The van der Waals surface area contributed by atoms with Crippen molar-refractivity contribution in [1.29, 1.82) is 0 Å². The van der Waals surface area contributed by atoms with Crippen LogP contribution in [0.15, 0.2) is 0 Å². The van der Waals surface area contributed by atoms with Crippen LogP contribution < -0.4 is 29.6 Å². The molecule has 0 aromatic carbocycles. The van der Waals surface area contributed by atoms with Gasteiger partial charge in [0, 0.05) is 38.5 Å². The van der Waals surface area contributed by atoms with E-state index in [1.54, 1.807) is 0 Å². The molecule has 0 saturated carbocycles. The Morgan fingerprint density at radius 1 is 1.08 bits per heavy atom. The first-order valence-corrected chi connectivity index (χ1v) is 8.31. The van der Waals surface area contributed by atoms with Crippen LogP contribution >= 0.6 is 0 Å². The Bertz CT molecular complexity index is 456. The van der Waals surface area contributed by atoms with Gasteiger partial charge >= 0.3 is 5.97 Å². The van der Waals surface area contributed by atoms with Crippen LogP contribution in [0.2, 0.25) is 0 Å². The predicted molar refractivity (Wildman–Crippen MR) is 82.3 cm³/mol. The molecule has 1 rings (SSSR count). The summed E-state index contributed by atoms with van der Waals surface area (Å²) < 4.78 is 5.34. The van der Waals surface area contributed by atoms with Gasteiger partial charge in [-0.1, -0.05) is 0 Å². The number of rotatable bonds is 9. The third-order valence-corrected chi connectivity index (χ3v) is 3.87. The molecule has 0 bridgehead atoms. The number of Topliss-reactive ketones (excluding diaryl/α,β-unsaturated/α-hetero) is 3. The highest BCUT2D eigenvalue weighted by Gasteiger charge is 2.19. The van der Waals surface area contributed by atoms with E-state index in [1.807, 2.05) is 0 Å². The standard InChI is InChI=1S/C16H25NO7.HI/c18-12-3-1-2-4-16(21)24-15(9-7-12)10-8-13(19)5-6-14(20)11-23-17-22;/h15H,1-11,17H2;1H/p-1. The minimum absolute atomic E-state index is 0. The van der Waals surface area contributed by atoms with Crippen LogP contribution in [0.1, 0.15) is 64.2 Å². The first-order chi connectivity index (χ1) is 11.5. The molecule has 1 aliphatic rings. The van der Waals surface area contributed by atoms with E-state index in [9.17, 15) is 24.4 Å². The van der Waals surface area contributed by atoms with Crippen LogP contribution in [-0.2, 0) is 28.8 Å². The van der Waals surface area contributed by atoms with E-state index in [0.29, 0.717) is 44.9 Å². The summed E-state index contributed by atoms with van der Waals surface area (Å²) in [4.78, 5) is 50.8. The third-order valence-electron chi connectivity index (χ3n) is 3.87. The number of halogens is 1. The van der Waals surface area contributed by atoms with Gasteiger partial charge < -0.3 is 33.9 Å². The summed E-state index contributed by atoms with van der Waals surface area (Å²) in [5.74, 6) is -0.562. The molecular weight excluding hydrogens is 445 g/mol. The molecule has 1 saturated heterocycles. The molecule has 1 aliphatic heterocycles. The van der Waals surface area contributed by atoms with E-state index in [0.717, 1.165) is 0 Å². The van der Waals surface area contributed by atoms with Crippen molar-refractivity contribution in [3.05, 3.63) is 5.21 Å². The number of carbonyl (C=O) groups excluding carboxylic acids is 4. The van der Waals surface area contributed by atoms with E-state index in [1.165, 1.54) is 0 Å². The smallest absolute Gasteiger partial charge is 0.306 e. The van der Waals surface area contributed by atoms with Crippen LogP contribution in [0, 0.1) is 5.21 Å². The molecule has 1 heterocycles. The third kappa shape index (κ3) is 12.1. The van der Waals surface area contributed by atoms with Gasteiger partial charge in [0.2, 0.25) is 0 Å². The van der Waals surface area contributed by atoms with Crippen molar-refractivity contribution < 1.29 is 58.4 Å². The summed E-state index contributed by atoms with van der Waals surface area (Å²) in [5.41, 5.74) is 0.189. The highest BCUT2D eigenvalue weighted by Crippen LogP contribution is 2.17. The number of hydrogen-bond acceptors (Lipinski definition) is 7. The van der Waals surface area contributed by atoms with Crippen molar-refractivity contribution in [1.82, 2.24) is 0 Å². The van der Waals surface area contributed by atoms with Crippen molar-refractivity contribution in [2.24, 2.45) is 0 Å². The Morgan fingerprint density at radius 2 is 1.76 bits per heavy atom. The molecule has 0 spiro atoms. The molecule has 0 amide bonds. The van der Waals surface area contributed by atoms with Gasteiger partial charge in [-0.05, 0) is 25.7 Å². The molecule has 9 heteroatoms. The quantitative estimate of drug-likeness (QED) is 0.225. The Balaban J connectivity index is 0.00000576. The molecule has 0 aliphatic carbocycles. The Labute approximate surface area is 163 Å². The van der Waals surface area contributed by atoms with Gasteiger partial charge in [-0.25, -0.2) is 5.64 Å². The van der Waals surface area contributed by atoms with Gasteiger partial charge in [-0.2, -0.15) is 4.84 Å². The van der Waals surface area contributed by atoms with Crippen LogP contribution in [0.3, 0.4) is 0 Å².